The predicted molar refractivity (Wildman–Crippen MR) is 93.7 cm³/mol. The van der Waals surface area contributed by atoms with Gasteiger partial charge in [0.05, 0.1) is 30.9 Å². The Labute approximate surface area is 151 Å². The highest BCUT2D eigenvalue weighted by atomic mass is 16.7. The molecule has 1 heterocycles. The van der Waals surface area contributed by atoms with E-state index >= 15 is 0 Å². The number of carbonyl (C=O) groups excluding carboxylic acids is 1. The van der Waals surface area contributed by atoms with Gasteiger partial charge in [0.2, 0.25) is 5.91 Å². The zero-order valence-electron chi connectivity index (χ0n) is 14.0. The van der Waals surface area contributed by atoms with E-state index in [1.54, 1.807) is 42.5 Å². The molecule has 1 amide bonds. The topological polar surface area (TPSA) is 95.1 Å². The SMILES string of the molecule is N#Cc1ccc(CC(C#N)C(=O)Nc2cccc(C3OCCO3)c2)cc1. The fourth-order valence-electron chi connectivity index (χ4n) is 2.69. The van der Waals surface area contributed by atoms with Crippen LogP contribution in [0.2, 0.25) is 0 Å². The van der Waals surface area contributed by atoms with E-state index in [1.165, 1.54) is 0 Å². The molecule has 1 aliphatic heterocycles. The highest BCUT2D eigenvalue weighted by Gasteiger charge is 2.21. The van der Waals surface area contributed by atoms with Crippen LogP contribution in [0.1, 0.15) is 23.0 Å². The molecular weight excluding hydrogens is 330 g/mol. The Balaban J connectivity index is 1.66. The van der Waals surface area contributed by atoms with E-state index in [2.05, 4.69) is 5.32 Å². The molecule has 1 saturated heterocycles. The molecular formula is C20H17N3O3. The number of nitrogens with one attached hydrogen (secondary N) is 1. The lowest BCUT2D eigenvalue weighted by Crippen LogP contribution is -2.23. The van der Waals surface area contributed by atoms with Crippen molar-refractivity contribution in [3.05, 3.63) is 65.2 Å². The molecule has 26 heavy (non-hydrogen) atoms. The normalized spacial score (nSPS) is 15.0. The van der Waals surface area contributed by atoms with E-state index in [0.717, 1.165) is 11.1 Å². The Bertz CT molecular complexity index is 859. The average Bonchev–Trinajstić information content (AvgIpc) is 3.21. The zero-order chi connectivity index (χ0) is 18.4. The molecule has 130 valence electrons. The van der Waals surface area contributed by atoms with Crippen LogP contribution in [-0.2, 0) is 20.7 Å². The van der Waals surface area contributed by atoms with Crippen molar-refractivity contribution in [2.45, 2.75) is 12.7 Å². The second kappa shape index (κ2) is 8.26. The molecule has 6 heteroatoms. The first kappa shape index (κ1) is 17.6. The van der Waals surface area contributed by atoms with E-state index in [4.69, 9.17) is 14.7 Å². The summed E-state index contributed by atoms with van der Waals surface area (Å²) in [6.07, 6.45) is -0.139. The molecule has 0 aromatic heterocycles. The molecule has 1 fully saturated rings. The summed E-state index contributed by atoms with van der Waals surface area (Å²) in [7, 11) is 0. The Morgan fingerprint density at radius 2 is 1.88 bits per heavy atom. The second-order valence-electron chi connectivity index (χ2n) is 5.88. The maximum atomic E-state index is 12.5. The minimum absolute atomic E-state index is 0.280. The highest BCUT2D eigenvalue weighted by Crippen LogP contribution is 2.25. The zero-order valence-corrected chi connectivity index (χ0v) is 14.0. The molecule has 2 aromatic carbocycles. The van der Waals surface area contributed by atoms with Crippen molar-refractivity contribution in [2.75, 3.05) is 18.5 Å². The Morgan fingerprint density at radius 1 is 1.15 bits per heavy atom. The van der Waals surface area contributed by atoms with Crippen LogP contribution in [-0.4, -0.2) is 19.1 Å². The molecule has 0 bridgehead atoms. The van der Waals surface area contributed by atoms with Gasteiger partial charge in [0.1, 0.15) is 5.92 Å². The molecule has 3 rings (SSSR count). The smallest absolute Gasteiger partial charge is 0.242 e. The van der Waals surface area contributed by atoms with Gasteiger partial charge in [-0.15, -0.1) is 0 Å². The second-order valence-corrected chi connectivity index (χ2v) is 5.88. The number of hydrogen-bond donors (Lipinski definition) is 1. The Morgan fingerprint density at radius 3 is 2.54 bits per heavy atom. The van der Waals surface area contributed by atoms with Gasteiger partial charge in [-0.1, -0.05) is 24.3 Å². The Kier molecular flexibility index (Phi) is 5.60. The first-order valence-corrected chi connectivity index (χ1v) is 8.22. The van der Waals surface area contributed by atoms with Crippen molar-refractivity contribution in [1.29, 1.82) is 10.5 Å². The quantitative estimate of drug-likeness (QED) is 0.897. The van der Waals surface area contributed by atoms with Crippen LogP contribution in [0.25, 0.3) is 0 Å². The van der Waals surface area contributed by atoms with Crippen LogP contribution in [0.5, 0.6) is 0 Å². The van der Waals surface area contributed by atoms with Crippen LogP contribution in [0.3, 0.4) is 0 Å². The largest absolute Gasteiger partial charge is 0.346 e. The minimum Gasteiger partial charge on any atom is -0.346 e. The number of ether oxygens (including phenoxy) is 2. The lowest BCUT2D eigenvalue weighted by atomic mass is 9.99. The summed E-state index contributed by atoms with van der Waals surface area (Å²) in [5, 5.41) is 21.0. The van der Waals surface area contributed by atoms with Gasteiger partial charge in [-0.3, -0.25) is 4.79 Å². The summed E-state index contributed by atoms with van der Waals surface area (Å²) in [6.45, 7) is 1.09. The standard InChI is InChI=1S/C20H17N3O3/c21-12-15-6-4-14(5-7-15)10-17(13-22)19(24)23-18-3-1-2-16(11-18)20-25-8-9-26-20/h1-7,11,17,20H,8-10H2,(H,23,24). The van der Waals surface area contributed by atoms with E-state index in [0.29, 0.717) is 24.5 Å². The Hall–Kier alpha value is -3.19. The summed E-state index contributed by atoms with van der Waals surface area (Å²) < 4.78 is 10.9. The van der Waals surface area contributed by atoms with Gasteiger partial charge in [-0.05, 0) is 36.2 Å². The number of rotatable bonds is 5. The van der Waals surface area contributed by atoms with E-state index < -0.39 is 12.2 Å². The van der Waals surface area contributed by atoms with Crippen LogP contribution < -0.4 is 5.32 Å². The van der Waals surface area contributed by atoms with Crippen molar-refractivity contribution in [3.8, 4) is 12.1 Å². The van der Waals surface area contributed by atoms with E-state index in [1.807, 2.05) is 18.2 Å². The highest BCUT2D eigenvalue weighted by molar-refractivity contribution is 5.94. The maximum Gasteiger partial charge on any atom is 0.242 e. The lowest BCUT2D eigenvalue weighted by Gasteiger charge is -2.13. The molecule has 0 aliphatic carbocycles. The first-order valence-electron chi connectivity index (χ1n) is 8.22. The molecule has 1 unspecified atom stereocenters. The van der Waals surface area contributed by atoms with Crippen molar-refractivity contribution in [3.63, 3.8) is 0 Å². The van der Waals surface area contributed by atoms with Crippen LogP contribution >= 0.6 is 0 Å². The fourth-order valence-corrected chi connectivity index (χ4v) is 2.69. The maximum absolute atomic E-state index is 12.5. The fraction of sp³-hybridized carbons (Fsp3) is 0.250. The molecule has 0 saturated carbocycles. The molecule has 6 nitrogen and oxygen atoms in total. The number of amides is 1. The van der Waals surface area contributed by atoms with Gasteiger partial charge in [0.15, 0.2) is 6.29 Å². The molecule has 0 radical (unpaired) electrons. The minimum atomic E-state index is -0.828. The van der Waals surface area contributed by atoms with Gasteiger partial charge in [0.25, 0.3) is 0 Å². The van der Waals surface area contributed by atoms with Gasteiger partial charge in [-0.25, -0.2) is 0 Å². The van der Waals surface area contributed by atoms with Gasteiger partial charge in [-0.2, -0.15) is 10.5 Å². The van der Waals surface area contributed by atoms with Crippen LogP contribution in [0.4, 0.5) is 5.69 Å². The van der Waals surface area contributed by atoms with Gasteiger partial charge >= 0.3 is 0 Å². The summed E-state index contributed by atoms with van der Waals surface area (Å²) in [5.74, 6) is -1.20. The molecule has 1 atom stereocenters. The number of hydrogen-bond acceptors (Lipinski definition) is 5. The van der Waals surface area contributed by atoms with Crippen molar-refractivity contribution in [1.82, 2.24) is 0 Å². The average molecular weight is 347 g/mol. The summed E-state index contributed by atoms with van der Waals surface area (Å²) in [6, 6.07) is 18.1. The third kappa shape index (κ3) is 4.25. The summed E-state index contributed by atoms with van der Waals surface area (Å²) in [5.41, 5.74) is 2.78. The third-order valence-electron chi connectivity index (χ3n) is 4.04. The molecule has 2 aromatic rings. The lowest BCUT2D eigenvalue weighted by molar-refractivity contribution is -0.118. The van der Waals surface area contributed by atoms with Gasteiger partial charge < -0.3 is 14.8 Å². The van der Waals surface area contributed by atoms with Crippen LogP contribution in [0, 0.1) is 28.6 Å². The molecule has 1 aliphatic rings. The number of nitrogens with zero attached hydrogens (tertiary/aromatic N) is 2. The van der Waals surface area contributed by atoms with Crippen LogP contribution in [0.15, 0.2) is 48.5 Å². The first-order chi connectivity index (χ1) is 12.7. The number of benzene rings is 2. The van der Waals surface area contributed by atoms with E-state index in [9.17, 15) is 10.1 Å². The number of carbonyl (C=O) groups is 1. The number of anilines is 1. The summed E-state index contributed by atoms with van der Waals surface area (Å²) in [4.78, 5) is 12.5. The third-order valence-corrected chi connectivity index (χ3v) is 4.04. The monoisotopic (exact) mass is 347 g/mol. The predicted octanol–water partition coefficient (Wildman–Crippen LogP) is 2.92. The van der Waals surface area contributed by atoms with Crippen molar-refractivity contribution in [2.24, 2.45) is 5.92 Å². The number of nitriles is 2. The molecule has 1 N–H and O–H groups in total. The van der Waals surface area contributed by atoms with Gasteiger partial charge in [0, 0.05) is 11.3 Å². The van der Waals surface area contributed by atoms with Crippen molar-refractivity contribution >= 4 is 11.6 Å². The van der Waals surface area contributed by atoms with Crippen molar-refractivity contribution < 1.29 is 14.3 Å². The van der Waals surface area contributed by atoms with E-state index in [-0.39, 0.29) is 12.3 Å². The molecule has 0 spiro atoms. The summed E-state index contributed by atoms with van der Waals surface area (Å²) >= 11 is 0.